The molecule has 0 saturated heterocycles. The quantitative estimate of drug-likeness (QED) is 0.793. The van der Waals surface area contributed by atoms with E-state index in [1.807, 2.05) is 43.3 Å². The topological polar surface area (TPSA) is 37.3 Å². The van der Waals surface area contributed by atoms with Crippen LogP contribution in [0, 0.1) is 6.92 Å². The van der Waals surface area contributed by atoms with Gasteiger partial charge in [0.05, 0.1) is 4.91 Å². The number of fused-ring (bicyclic) bond motifs is 1. The van der Waals surface area contributed by atoms with Gasteiger partial charge < -0.3 is 5.11 Å². The van der Waals surface area contributed by atoms with Crippen LogP contribution in [-0.4, -0.2) is 10.9 Å². The Kier molecular flexibility index (Phi) is 2.91. The minimum absolute atomic E-state index is 0.0292. The van der Waals surface area contributed by atoms with Gasteiger partial charge in [0.2, 0.25) is 5.78 Å². The number of aromatic hydroxyl groups is 1. The lowest BCUT2D eigenvalue weighted by molar-refractivity contribution is 0.104. The van der Waals surface area contributed by atoms with Crippen LogP contribution < -0.4 is 0 Å². The predicted octanol–water partition coefficient (Wildman–Crippen LogP) is 4.03. The first kappa shape index (κ1) is 12.1. The number of hydrogen-bond donors (Lipinski definition) is 1. The second-order valence-corrected chi connectivity index (χ2v) is 5.58. The summed E-state index contributed by atoms with van der Waals surface area (Å²) in [7, 11) is 0. The van der Waals surface area contributed by atoms with Crippen molar-refractivity contribution in [2.75, 3.05) is 0 Å². The Labute approximate surface area is 115 Å². The Bertz CT molecular complexity index is 702. The number of aryl methyl sites for hydroxylation is 1. The summed E-state index contributed by atoms with van der Waals surface area (Å²) in [5, 5.41) is 9.83. The highest BCUT2D eigenvalue weighted by Crippen LogP contribution is 2.41. The maximum atomic E-state index is 12.2. The average Bonchev–Trinajstić information content (AvgIpc) is 2.72. The fourth-order valence-electron chi connectivity index (χ4n) is 2.07. The van der Waals surface area contributed by atoms with Gasteiger partial charge >= 0.3 is 0 Å². The normalized spacial score (nSPS) is 15.8. The largest absolute Gasteiger partial charge is 0.507 e. The third-order valence-electron chi connectivity index (χ3n) is 3.05. The van der Waals surface area contributed by atoms with Crippen molar-refractivity contribution in [3.8, 4) is 5.75 Å². The fraction of sp³-hybridized carbons (Fsp3) is 0.0625. The maximum absolute atomic E-state index is 12.2. The molecule has 0 unspecified atom stereocenters. The van der Waals surface area contributed by atoms with Gasteiger partial charge in [0, 0.05) is 16.0 Å². The molecule has 1 heterocycles. The van der Waals surface area contributed by atoms with Crippen LogP contribution in [0.25, 0.3) is 6.08 Å². The van der Waals surface area contributed by atoms with Gasteiger partial charge in [-0.15, -0.1) is 0 Å². The first-order chi connectivity index (χ1) is 9.15. The maximum Gasteiger partial charge on any atom is 0.200 e. The highest BCUT2D eigenvalue weighted by atomic mass is 32.2. The molecule has 2 aromatic rings. The summed E-state index contributed by atoms with van der Waals surface area (Å²) in [5.74, 6) is 0.226. The third-order valence-corrected chi connectivity index (χ3v) is 4.14. The van der Waals surface area contributed by atoms with Crippen molar-refractivity contribution in [1.82, 2.24) is 0 Å². The summed E-state index contributed by atoms with van der Waals surface area (Å²) in [6.07, 6.45) is 1.76. The summed E-state index contributed by atoms with van der Waals surface area (Å²) in [5.41, 5.74) is 2.48. The number of carbonyl (C=O) groups is 1. The second-order valence-electron chi connectivity index (χ2n) is 4.50. The van der Waals surface area contributed by atoms with Crippen LogP contribution in [0.4, 0.5) is 0 Å². The highest BCUT2D eigenvalue weighted by Gasteiger charge is 2.25. The molecule has 0 spiro atoms. The van der Waals surface area contributed by atoms with E-state index in [0.717, 1.165) is 16.0 Å². The van der Waals surface area contributed by atoms with Gasteiger partial charge in [-0.25, -0.2) is 0 Å². The molecule has 1 aliphatic rings. The van der Waals surface area contributed by atoms with Crippen molar-refractivity contribution < 1.29 is 9.90 Å². The van der Waals surface area contributed by atoms with Crippen LogP contribution in [0.3, 0.4) is 0 Å². The first-order valence-electron chi connectivity index (χ1n) is 5.98. The van der Waals surface area contributed by atoms with Gasteiger partial charge in [0.15, 0.2) is 0 Å². The number of ketones is 1. The van der Waals surface area contributed by atoms with E-state index in [9.17, 15) is 9.90 Å². The standard InChI is InChI=1S/C16H12O2S/c1-10-6-7-13(17)11(8-10)9-15-16(18)12-4-2-3-5-14(12)19-15/h2-9,17H,1H3/b15-9+. The van der Waals surface area contributed by atoms with E-state index in [2.05, 4.69) is 0 Å². The number of phenols is 1. The molecule has 0 atom stereocenters. The van der Waals surface area contributed by atoms with Crippen molar-refractivity contribution in [3.63, 3.8) is 0 Å². The molecule has 0 radical (unpaired) electrons. The Hall–Kier alpha value is -2.00. The second kappa shape index (κ2) is 4.59. The molecule has 0 bridgehead atoms. The Morgan fingerprint density at radius 3 is 2.74 bits per heavy atom. The predicted molar refractivity (Wildman–Crippen MR) is 77.5 cm³/mol. The summed E-state index contributed by atoms with van der Waals surface area (Å²) in [6, 6.07) is 12.9. The van der Waals surface area contributed by atoms with Crippen LogP contribution in [0.5, 0.6) is 5.75 Å². The molecule has 0 saturated carbocycles. The van der Waals surface area contributed by atoms with Crippen molar-refractivity contribution >= 4 is 23.6 Å². The molecule has 1 aliphatic heterocycles. The van der Waals surface area contributed by atoms with Crippen molar-refractivity contribution in [1.29, 1.82) is 0 Å². The molecule has 3 heteroatoms. The molecule has 19 heavy (non-hydrogen) atoms. The van der Waals surface area contributed by atoms with E-state index in [0.29, 0.717) is 10.5 Å². The molecule has 1 N–H and O–H groups in total. The molecular formula is C16H12O2S. The first-order valence-corrected chi connectivity index (χ1v) is 6.80. The lowest BCUT2D eigenvalue weighted by Gasteiger charge is -2.01. The number of carbonyl (C=O) groups excluding carboxylic acids is 1. The number of hydrogen-bond acceptors (Lipinski definition) is 3. The van der Waals surface area contributed by atoms with Crippen LogP contribution in [-0.2, 0) is 0 Å². The molecule has 2 aromatic carbocycles. The smallest absolute Gasteiger partial charge is 0.200 e. The molecule has 0 fully saturated rings. The number of rotatable bonds is 1. The molecule has 94 valence electrons. The summed E-state index contributed by atoms with van der Waals surface area (Å²) >= 11 is 1.45. The number of thioether (sulfide) groups is 1. The number of benzene rings is 2. The summed E-state index contributed by atoms with van der Waals surface area (Å²) in [4.78, 5) is 13.9. The lowest BCUT2D eigenvalue weighted by Crippen LogP contribution is -1.93. The minimum atomic E-state index is 0.0292. The Morgan fingerprint density at radius 1 is 1.16 bits per heavy atom. The number of phenolic OH excluding ortho intramolecular Hbond substituents is 1. The number of allylic oxidation sites excluding steroid dienone is 1. The van der Waals surface area contributed by atoms with E-state index in [-0.39, 0.29) is 11.5 Å². The van der Waals surface area contributed by atoms with Crippen molar-refractivity contribution in [3.05, 3.63) is 64.1 Å². The van der Waals surface area contributed by atoms with Crippen molar-refractivity contribution in [2.45, 2.75) is 11.8 Å². The van der Waals surface area contributed by atoms with Gasteiger partial charge in [-0.3, -0.25) is 4.79 Å². The van der Waals surface area contributed by atoms with Crippen LogP contribution >= 0.6 is 11.8 Å². The molecule has 0 aliphatic carbocycles. The van der Waals surface area contributed by atoms with E-state index in [4.69, 9.17) is 0 Å². The molecular weight excluding hydrogens is 256 g/mol. The molecule has 0 aromatic heterocycles. The van der Waals surface area contributed by atoms with Gasteiger partial charge in [-0.2, -0.15) is 0 Å². The highest BCUT2D eigenvalue weighted by molar-refractivity contribution is 8.04. The molecule has 3 rings (SSSR count). The van der Waals surface area contributed by atoms with Gasteiger partial charge in [-0.1, -0.05) is 35.5 Å². The average molecular weight is 268 g/mol. The van der Waals surface area contributed by atoms with E-state index >= 15 is 0 Å². The van der Waals surface area contributed by atoms with E-state index < -0.39 is 0 Å². The molecule has 0 amide bonds. The third kappa shape index (κ3) is 2.17. The zero-order valence-electron chi connectivity index (χ0n) is 10.4. The zero-order chi connectivity index (χ0) is 13.4. The van der Waals surface area contributed by atoms with E-state index in [1.165, 1.54) is 11.8 Å². The van der Waals surface area contributed by atoms with Crippen LogP contribution in [0.2, 0.25) is 0 Å². The van der Waals surface area contributed by atoms with Crippen LogP contribution in [0.1, 0.15) is 21.5 Å². The van der Waals surface area contributed by atoms with E-state index in [1.54, 1.807) is 12.1 Å². The molecule has 2 nitrogen and oxygen atoms in total. The monoisotopic (exact) mass is 268 g/mol. The van der Waals surface area contributed by atoms with Crippen molar-refractivity contribution in [2.24, 2.45) is 0 Å². The van der Waals surface area contributed by atoms with Crippen LogP contribution in [0.15, 0.2) is 52.3 Å². The summed E-state index contributed by atoms with van der Waals surface area (Å²) in [6.45, 7) is 1.96. The zero-order valence-corrected chi connectivity index (χ0v) is 11.2. The Morgan fingerprint density at radius 2 is 1.95 bits per heavy atom. The number of Topliss-reactive ketones (excluding diaryl/α,β-unsaturated/α-hetero) is 1. The minimum Gasteiger partial charge on any atom is -0.507 e. The summed E-state index contributed by atoms with van der Waals surface area (Å²) < 4.78 is 0. The SMILES string of the molecule is Cc1ccc(O)c(/C=C2/Sc3ccccc3C2=O)c1. The fourth-order valence-corrected chi connectivity index (χ4v) is 3.11. The van der Waals surface area contributed by atoms with Gasteiger partial charge in [0.25, 0.3) is 0 Å². The van der Waals surface area contributed by atoms with Gasteiger partial charge in [0.1, 0.15) is 5.75 Å². The van der Waals surface area contributed by atoms with Gasteiger partial charge in [-0.05, 0) is 37.3 Å². The lowest BCUT2D eigenvalue weighted by atomic mass is 10.1. The Balaban J connectivity index is 2.03.